The van der Waals surface area contributed by atoms with E-state index in [0.29, 0.717) is 25.1 Å². The Balaban J connectivity index is 2.14. The average Bonchev–Trinajstić information content (AvgIpc) is 2.65. The summed E-state index contributed by atoms with van der Waals surface area (Å²) in [5.74, 6) is -0.357. The maximum Gasteiger partial charge on any atom is 0.261 e. The molecular weight excluding hydrogens is 354 g/mol. The van der Waals surface area contributed by atoms with Crippen LogP contribution in [0.25, 0.3) is 0 Å². The maximum atomic E-state index is 12.5. The van der Waals surface area contributed by atoms with Crippen molar-refractivity contribution in [1.29, 1.82) is 5.26 Å². The topological polar surface area (TPSA) is 108 Å². The van der Waals surface area contributed by atoms with Crippen molar-refractivity contribution in [3.05, 3.63) is 59.7 Å². The van der Waals surface area contributed by atoms with Gasteiger partial charge in [-0.15, -0.1) is 0 Å². The van der Waals surface area contributed by atoms with Crippen LogP contribution in [0.2, 0.25) is 0 Å². The Labute approximate surface area is 152 Å². The zero-order valence-corrected chi connectivity index (χ0v) is 15.0. The number of amides is 1. The van der Waals surface area contributed by atoms with E-state index in [9.17, 15) is 13.2 Å². The van der Waals surface area contributed by atoms with Gasteiger partial charge in [0.15, 0.2) is 0 Å². The summed E-state index contributed by atoms with van der Waals surface area (Å²) in [6.07, 6.45) is 0.664. The highest BCUT2D eigenvalue weighted by atomic mass is 32.2. The highest BCUT2D eigenvalue weighted by Crippen LogP contribution is 2.18. The number of rotatable bonds is 8. The van der Waals surface area contributed by atoms with E-state index in [-0.39, 0.29) is 22.1 Å². The lowest BCUT2D eigenvalue weighted by molar-refractivity contribution is 0.0948. The van der Waals surface area contributed by atoms with Gasteiger partial charge in [0, 0.05) is 25.8 Å². The van der Waals surface area contributed by atoms with Gasteiger partial charge in [0.1, 0.15) is 0 Å². The number of anilines is 1. The minimum atomic E-state index is -3.88. The monoisotopic (exact) mass is 373 g/mol. The van der Waals surface area contributed by atoms with Crippen molar-refractivity contribution in [1.82, 2.24) is 5.32 Å². The summed E-state index contributed by atoms with van der Waals surface area (Å²) in [6, 6.07) is 13.8. The third-order valence-electron chi connectivity index (χ3n) is 3.46. The van der Waals surface area contributed by atoms with Crippen LogP contribution in [0, 0.1) is 11.3 Å². The van der Waals surface area contributed by atoms with Crippen molar-refractivity contribution in [2.75, 3.05) is 25.0 Å². The molecule has 0 radical (unpaired) electrons. The number of ether oxygens (including phenoxy) is 1. The first-order valence-electron chi connectivity index (χ1n) is 7.86. The van der Waals surface area contributed by atoms with Crippen molar-refractivity contribution in [3.8, 4) is 6.07 Å². The molecule has 0 aliphatic rings. The first kappa shape index (κ1) is 19.4. The van der Waals surface area contributed by atoms with Gasteiger partial charge in [-0.3, -0.25) is 9.52 Å². The Hall–Kier alpha value is -2.89. The van der Waals surface area contributed by atoms with E-state index in [1.807, 2.05) is 6.07 Å². The largest absolute Gasteiger partial charge is 0.385 e. The summed E-state index contributed by atoms with van der Waals surface area (Å²) in [5.41, 5.74) is 0.865. The van der Waals surface area contributed by atoms with Crippen LogP contribution < -0.4 is 10.0 Å². The predicted octanol–water partition coefficient (Wildman–Crippen LogP) is 2.13. The smallest absolute Gasteiger partial charge is 0.261 e. The third kappa shape index (κ3) is 5.31. The second-order valence-electron chi connectivity index (χ2n) is 5.43. The molecule has 2 aromatic carbocycles. The van der Waals surface area contributed by atoms with E-state index in [0.717, 1.165) is 0 Å². The van der Waals surface area contributed by atoms with Crippen LogP contribution >= 0.6 is 0 Å². The summed E-state index contributed by atoms with van der Waals surface area (Å²) >= 11 is 0. The minimum Gasteiger partial charge on any atom is -0.385 e. The number of nitriles is 1. The molecule has 0 aromatic heterocycles. The molecule has 0 aliphatic heterocycles. The molecule has 0 saturated carbocycles. The van der Waals surface area contributed by atoms with E-state index < -0.39 is 10.0 Å². The molecule has 136 valence electrons. The van der Waals surface area contributed by atoms with Gasteiger partial charge in [-0.1, -0.05) is 12.1 Å². The fraction of sp³-hybridized carbons (Fsp3) is 0.222. The fourth-order valence-electron chi connectivity index (χ4n) is 2.19. The lowest BCUT2D eigenvalue weighted by Gasteiger charge is -2.10. The van der Waals surface area contributed by atoms with E-state index >= 15 is 0 Å². The standard InChI is InChI=1S/C18H19N3O4S/c1-25-10-4-9-20-18(22)15-6-3-8-17(12-15)26(23,24)21-16-7-2-5-14(11-16)13-19/h2-3,5-8,11-12,21H,4,9-10H2,1H3,(H,20,22). The van der Waals surface area contributed by atoms with Gasteiger partial charge in [0.25, 0.3) is 15.9 Å². The van der Waals surface area contributed by atoms with Crippen molar-refractivity contribution in [2.24, 2.45) is 0 Å². The van der Waals surface area contributed by atoms with Crippen LogP contribution in [-0.4, -0.2) is 34.6 Å². The summed E-state index contributed by atoms with van der Waals surface area (Å²) in [5, 5.41) is 11.6. The number of nitrogens with one attached hydrogen (secondary N) is 2. The lowest BCUT2D eigenvalue weighted by atomic mass is 10.2. The van der Waals surface area contributed by atoms with Crippen molar-refractivity contribution in [3.63, 3.8) is 0 Å². The quantitative estimate of drug-likeness (QED) is 0.689. The van der Waals surface area contributed by atoms with Crippen LogP contribution in [0.5, 0.6) is 0 Å². The molecule has 2 N–H and O–H groups in total. The Morgan fingerprint density at radius 1 is 1.19 bits per heavy atom. The number of sulfonamides is 1. The van der Waals surface area contributed by atoms with Gasteiger partial charge in [-0.2, -0.15) is 5.26 Å². The third-order valence-corrected chi connectivity index (χ3v) is 4.84. The van der Waals surface area contributed by atoms with Gasteiger partial charge in [-0.25, -0.2) is 8.42 Å². The van der Waals surface area contributed by atoms with Gasteiger partial charge in [0.05, 0.1) is 22.2 Å². The molecule has 0 bridgehead atoms. The zero-order valence-electron chi connectivity index (χ0n) is 14.2. The summed E-state index contributed by atoms with van der Waals surface area (Å²) in [7, 11) is -2.30. The Morgan fingerprint density at radius 3 is 2.69 bits per heavy atom. The molecule has 0 unspecified atom stereocenters. The second-order valence-corrected chi connectivity index (χ2v) is 7.11. The molecule has 0 saturated heterocycles. The summed E-state index contributed by atoms with van der Waals surface area (Å²) in [4.78, 5) is 12.1. The average molecular weight is 373 g/mol. The molecule has 2 aromatic rings. The lowest BCUT2D eigenvalue weighted by Crippen LogP contribution is -2.25. The SMILES string of the molecule is COCCCNC(=O)c1cccc(S(=O)(=O)Nc2cccc(C#N)c2)c1. The highest BCUT2D eigenvalue weighted by molar-refractivity contribution is 7.92. The van der Waals surface area contributed by atoms with Gasteiger partial charge in [0.2, 0.25) is 0 Å². The van der Waals surface area contributed by atoms with Crippen LogP contribution in [0.15, 0.2) is 53.4 Å². The number of benzene rings is 2. The van der Waals surface area contributed by atoms with Crippen LogP contribution in [0.4, 0.5) is 5.69 Å². The second kappa shape index (κ2) is 8.99. The Bertz CT molecular complexity index is 920. The van der Waals surface area contributed by atoms with Crippen LogP contribution in [-0.2, 0) is 14.8 Å². The number of hydrogen-bond donors (Lipinski definition) is 2. The van der Waals surface area contributed by atoms with E-state index in [2.05, 4.69) is 10.0 Å². The minimum absolute atomic E-state index is 0.0376. The highest BCUT2D eigenvalue weighted by Gasteiger charge is 2.16. The van der Waals surface area contributed by atoms with E-state index in [4.69, 9.17) is 10.00 Å². The molecule has 8 heteroatoms. The zero-order chi connectivity index (χ0) is 19.0. The number of hydrogen-bond acceptors (Lipinski definition) is 5. The number of carbonyl (C=O) groups is 1. The molecule has 0 fully saturated rings. The summed E-state index contributed by atoms with van der Waals surface area (Å²) < 4.78 is 32.4. The van der Waals surface area contributed by atoms with E-state index in [1.54, 1.807) is 31.4 Å². The van der Waals surface area contributed by atoms with Gasteiger partial charge in [-0.05, 0) is 42.8 Å². The molecule has 0 spiro atoms. The molecule has 1 amide bonds. The number of methoxy groups -OCH3 is 1. The summed E-state index contributed by atoms with van der Waals surface area (Å²) in [6.45, 7) is 0.962. The normalized spacial score (nSPS) is 10.8. The van der Waals surface area contributed by atoms with E-state index in [1.165, 1.54) is 24.3 Å². The molecular formula is C18H19N3O4S. The first-order chi connectivity index (χ1) is 12.5. The molecule has 0 aliphatic carbocycles. The Kier molecular flexibility index (Phi) is 6.72. The van der Waals surface area contributed by atoms with Crippen molar-refractivity contribution in [2.45, 2.75) is 11.3 Å². The molecule has 7 nitrogen and oxygen atoms in total. The van der Waals surface area contributed by atoms with Crippen LogP contribution in [0.1, 0.15) is 22.3 Å². The predicted molar refractivity (Wildman–Crippen MR) is 97.2 cm³/mol. The number of carbonyl (C=O) groups excluding carboxylic acids is 1. The molecule has 0 heterocycles. The van der Waals surface area contributed by atoms with Gasteiger partial charge >= 0.3 is 0 Å². The fourth-order valence-corrected chi connectivity index (χ4v) is 3.29. The first-order valence-corrected chi connectivity index (χ1v) is 9.35. The molecule has 0 atom stereocenters. The van der Waals surface area contributed by atoms with Crippen molar-refractivity contribution >= 4 is 21.6 Å². The molecule has 26 heavy (non-hydrogen) atoms. The van der Waals surface area contributed by atoms with Gasteiger partial charge < -0.3 is 10.1 Å². The Morgan fingerprint density at radius 2 is 1.96 bits per heavy atom. The maximum absolute atomic E-state index is 12.5. The van der Waals surface area contributed by atoms with Crippen molar-refractivity contribution < 1.29 is 17.9 Å². The number of nitrogens with zero attached hydrogens (tertiary/aromatic N) is 1. The molecule has 2 rings (SSSR count). The van der Waals surface area contributed by atoms with Crippen LogP contribution in [0.3, 0.4) is 0 Å².